The van der Waals surface area contributed by atoms with Crippen LogP contribution in [0.15, 0.2) is 34.9 Å². The van der Waals surface area contributed by atoms with Gasteiger partial charge in [-0.15, -0.1) is 0 Å². The van der Waals surface area contributed by atoms with Crippen molar-refractivity contribution in [2.24, 2.45) is 5.73 Å². The van der Waals surface area contributed by atoms with Crippen LogP contribution < -0.4 is 10.5 Å². The van der Waals surface area contributed by atoms with E-state index in [1.807, 2.05) is 18.2 Å². The summed E-state index contributed by atoms with van der Waals surface area (Å²) in [6.45, 7) is 0.0930. The van der Waals surface area contributed by atoms with Crippen molar-refractivity contribution in [3.8, 4) is 17.0 Å². The summed E-state index contributed by atoms with van der Waals surface area (Å²) in [5.74, 6) is 1.08. The van der Waals surface area contributed by atoms with Crippen LogP contribution in [-0.2, 0) is 0 Å². The molecule has 0 radical (unpaired) electrons. The number of ether oxygens (including phenoxy) is 1. The van der Waals surface area contributed by atoms with Crippen LogP contribution in [-0.4, -0.2) is 28.7 Å². The molecule has 1 unspecified atom stereocenters. The van der Waals surface area contributed by atoms with E-state index in [2.05, 4.69) is 25.9 Å². The maximum absolute atomic E-state index is 9.66. The van der Waals surface area contributed by atoms with Gasteiger partial charge in [-0.3, -0.25) is 0 Å². The Morgan fingerprint density at radius 1 is 1.42 bits per heavy atom. The third kappa shape index (κ3) is 3.09. The van der Waals surface area contributed by atoms with Crippen molar-refractivity contribution >= 4 is 15.9 Å². The molecule has 2 aromatic rings. The van der Waals surface area contributed by atoms with Gasteiger partial charge in [0.25, 0.3) is 0 Å². The Kier molecular flexibility index (Phi) is 4.47. The Bertz CT molecular complexity index is 578. The lowest BCUT2D eigenvalue weighted by Gasteiger charge is -2.09. The standard InChI is InChI=1S/C13H14BrN3O2/c1-19-12-3-2-8(6-9(12)14)10-4-5-16-13(17-10)11(18)7-15/h2-6,11,18H,7,15H2,1H3. The molecule has 0 aliphatic carbocycles. The molecule has 1 atom stereocenters. The Hall–Kier alpha value is -1.50. The summed E-state index contributed by atoms with van der Waals surface area (Å²) in [4.78, 5) is 8.32. The third-order valence-corrected chi connectivity index (χ3v) is 3.26. The maximum atomic E-state index is 9.66. The fraction of sp³-hybridized carbons (Fsp3) is 0.231. The molecule has 0 aliphatic rings. The summed E-state index contributed by atoms with van der Waals surface area (Å²) in [6, 6.07) is 7.42. The van der Waals surface area contributed by atoms with E-state index in [-0.39, 0.29) is 6.54 Å². The molecule has 0 saturated heterocycles. The van der Waals surface area contributed by atoms with Crippen LogP contribution in [0.5, 0.6) is 5.75 Å². The highest BCUT2D eigenvalue weighted by atomic mass is 79.9. The zero-order chi connectivity index (χ0) is 13.8. The molecule has 1 heterocycles. The molecule has 5 nitrogen and oxygen atoms in total. The summed E-state index contributed by atoms with van der Waals surface area (Å²) in [7, 11) is 1.61. The molecule has 6 heteroatoms. The quantitative estimate of drug-likeness (QED) is 0.898. The molecule has 19 heavy (non-hydrogen) atoms. The van der Waals surface area contributed by atoms with Gasteiger partial charge in [-0.1, -0.05) is 0 Å². The molecular formula is C13H14BrN3O2. The van der Waals surface area contributed by atoms with Crippen molar-refractivity contribution in [3.63, 3.8) is 0 Å². The number of nitrogens with zero attached hydrogens (tertiary/aromatic N) is 2. The summed E-state index contributed by atoms with van der Waals surface area (Å²) >= 11 is 3.43. The van der Waals surface area contributed by atoms with Crippen molar-refractivity contribution < 1.29 is 9.84 Å². The molecule has 1 aromatic heterocycles. The van der Waals surface area contributed by atoms with Crippen molar-refractivity contribution in [3.05, 3.63) is 40.8 Å². The molecular weight excluding hydrogens is 310 g/mol. The SMILES string of the molecule is COc1ccc(-c2ccnc(C(O)CN)n2)cc1Br. The van der Waals surface area contributed by atoms with Crippen molar-refractivity contribution in [1.29, 1.82) is 0 Å². The fourth-order valence-electron chi connectivity index (χ4n) is 1.63. The monoisotopic (exact) mass is 323 g/mol. The van der Waals surface area contributed by atoms with E-state index in [0.717, 1.165) is 21.5 Å². The van der Waals surface area contributed by atoms with Gasteiger partial charge in [0.15, 0.2) is 5.82 Å². The van der Waals surface area contributed by atoms with Gasteiger partial charge >= 0.3 is 0 Å². The molecule has 100 valence electrons. The van der Waals surface area contributed by atoms with E-state index >= 15 is 0 Å². The van der Waals surface area contributed by atoms with Crippen LogP contribution in [0, 0.1) is 0 Å². The first kappa shape index (κ1) is 13.9. The minimum Gasteiger partial charge on any atom is -0.496 e. The molecule has 3 N–H and O–H groups in total. The summed E-state index contributed by atoms with van der Waals surface area (Å²) < 4.78 is 6.02. The lowest BCUT2D eigenvalue weighted by Crippen LogP contribution is -2.14. The predicted octanol–water partition coefficient (Wildman–Crippen LogP) is 1.91. The normalized spacial score (nSPS) is 12.2. The first-order valence-electron chi connectivity index (χ1n) is 5.70. The molecule has 2 rings (SSSR count). The van der Waals surface area contributed by atoms with Gasteiger partial charge in [-0.2, -0.15) is 0 Å². The first-order valence-corrected chi connectivity index (χ1v) is 6.50. The molecule has 0 saturated carbocycles. The van der Waals surface area contributed by atoms with E-state index in [1.165, 1.54) is 0 Å². The Balaban J connectivity index is 2.39. The Morgan fingerprint density at radius 3 is 2.84 bits per heavy atom. The topological polar surface area (TPSA) is 81.3 Å². The summed E-state index contributed by atoms with van der Waals surface area (Å²) in [6.07, 6.45) is 0.760. The van der Waals surface area contributed by atoms with Crippen LogP contribution in [0.25, 0.3) is 11.3 Å². The molecule has 0 aliphatic heterocycles. The van der Waals surface area contributed by atoms with Gasteiger partial charge in [-0.05, 0) is 40.2 Å². The number of hydrogen-bond donors (Lipinski definition) is 2. The van der Waals surface area contributed by atoms with Gasteiger partial charge in [0.1, 0.15) is 11.9 Å². The van der Waals surface area contributed by atoms with Gasteiger partial charge in [0, 0.05) is 18.3 Å². The van der Waals surface area contributed by atoms with E-state index in [9.17, 15) is 5.11 Å². The number of aliphatic hydroxyl groups is 1. The number of halogens is 1. The summed E-state index contributed by atoms with van der Waals surface area (Å²) in [5.41, 5.74) is 7.03. The highest BCUT2D eigenvalue weighted by Gasteiger charge is 2.10. The second kappa shape index (κ2) is 6.10. The van der Waals surface area contributed by atoms with E-state index in [1.54, 1.807) is 19.4 Å². The first-order chi connectivity index (χ1) is 9.15. The van der Waals surface area contributed by atoms with Gasteiger partial charge in [0.2, 0.25) is 0 Å². The van der Waals surface area contributed by atoms with Crippen LogP contribution in [0.2, 0.25) is 0 Å². The lowest BCUT2D eigenvalue weighted by molar-refractivity contribution is 0.176. The Labute approximate surface area is 119 Å². The van der Waals surface area contributed by atoms with Crippen molar-refractivity contribution in [1.82, 2.24) is 9.97 Å². The second-order valence-electron chi connectivity index (χ2n) is 3.90. The predicted molar refractivity (Wildman–Crippen MR) is 75.7 cm³/mol. The van der Waals surface area contributed by atoms with Gasteiger partial charge in [-0.25, -0.2) is 9.97 Å². The van der Waals surface area contributed by atoms with E-state index in [4.69, 9.17) is 10.5 Å². The maximum Gasteiger partial charge on any atom is 0.158 e. The number of rotatable bonds is 4. The van der Waals surface area contributed by atoms with Crippen molar-refractivity contribution in [2.45, 2.75) is 6.10 Å². The van der Waals surface area contributed by atoms with Crippen LogP contribution in [0.3, 0.4) is 0 Å². The van der Waals surface area contributed by atoms with Crippen LogP contribution in [0.1, 0.15) is 11.9 Å². The minimum absolute atomic E-state index is 0.0930. The van der Waals surface area contributed by atoms with Gasteiger partial charge < -0.3 is 15.6 Å². The highest BCUT2D eigenvalue weighted by Crippen LogP contribution is 2.29. The third-order valence-electron chi connectivity index (χ3n) is 2.64. The zero-order valence-corrected chi connectivity index (χ0v) is 12.0. The largest absolute Gasteiger partial charge is 0.496 e. The average Bonchev–Trinajstić information content (AvgIpc) is 2.46. The smallest absolute Gasteiger partial charge is 0.158 e. The lowest BCUT2D eigenvalue weighted by atomic mass is 10.1. The molecule has 0 spiro atoms. The molecule has 0 amide bonds. The van der Waals surface area contributed by atoms with Gasteiger partial charge in [0.05, 0.1) is 17.3 Å². The number of benzene rings is 1. The number of aliphatic hydroxyl groups excluding tert-OH is 1. The number of hydrogen-bond acceptors (Lipinski definition) is 5. The molecule has 0 bridgehead atoms. The van der Waals surface area contributed by atoms with Crippen LogP contribution in [0.4, 0.5) is 0 Å². The summed E-state index contributed by atoms with van der Waals surface area (Å²) in [5, 5.41) is 9.66. The zero-order valence-electron chi connectivity index (χ0n) is 10.4. The second-order valence-corrected chi connectivity index (χ2v) is 4.76. The molecule has 1 aromatic carbocycles. The minimum atomic E-state index is -0.846. The highest BCUT2D eigenvalue weighted by molar-refractivity contribution is 9.10. The van der Waals surface area contributed by atoms with Crippen LogP contribution >= 0.6 is 15.9 Å². The van der Waals surface area contributed by atoms with E-state index < -0.39 is 6.10 Å². The van der Waals surface area contributed by atoms with E-state index in [0.29, 0.717) is 5.82 Å². The fourth-order valence-corrected chi connectivity index (χ4v) is 2.17. The van der Waals surface area contributed by atoms with Crippen molar-refractivity contribution in [2.75, 3.05) is 13.7 Å². The average molecular weight is 324 g/mol. The number of nitrogens with two attached hydrogens (primary N) is 1. The molecule has 0 fully saturated rings. The number of methoxy groups -OCH3 is 1. The number of aromatic nitrogens is 2. The Morgan fingerprint density at radius 2 is 2.21 bits per heavy atom.